The van der Waals surface area contributed by atoms with Crippen molar-refractivity contribution >= 4 is 28.6 Å². The summed E-state index contributed by atoms with van der Waals surface area (Å²) < 4.78 is 1.61. The quantitative estimate of drug-likeness (QED) is 0.656. The molecule has 0 radical (unpaired) electrons. The molecular formula is C16H21N3O2S. The second kappa shape index (κ2) is 7.45. The summed E-state index contributed by atoms with van der Waals surface area (Å²) in [5.41, 5.74) is 0.611. The van der Waals surface area contributed by atoms with E-state index in [0.29, 0.717) is 22.6 Å². The number of para-hydroxylation sites is 1. The van der Waals surface area contributed by atoms with Crippen molar-refractivity contribution in [2.24, 2.45) is 0 Å². The number of carbonyl (C=O) groups excluding carboxylic acids is 1. The fourth-order valence-corrected chi connectivity index (χ4v) is 2.96. The molecule has 5 nitrogen and oxygen atoms in total. The summed E-state index contributed by atoms with van der Waals surface area (Å²) in [6, 6.07) is 7.44. The van der Waals surface area contributed by atoms with Crippen LogP contribution < -0.4 is 10.9 Å². The summed E-state index contributed by atoms with van der Waals surface area (Å²) in [7, 11) is 0. The van der Waals surface area contributed by atoms with Crippen molar-refractivity contribution in [3.8, 4) is 0 Å². The number of hydrogen-bond acceptors (Lipinski definition) is 4. The Hall–Kier alpha value is -1.82. The molecule has 0 aliphatic rings. The third-order valence-corrected chi connectivity index (χ3v) is 4.47. The van der Waals surface area contributed by atoms with E-state index in [1.807, 2.05) is 39.0 Å². The van der Waals surface area contributed by atoms with E-state index >= 15 is 0 Å². The van der Waals surface area contributed by atoms with Crippen LogP contribution in [-0.2, 0) is 11.3 Å². The smallest absolute Gasteiger partial charge is 0.262 e. The number of aromatic nitrogens is 2. The summed E-state index contributed by atoms with van der Waals surface area (Å²) in [5.74, 6) is 0.221. The minimum absolute atomic E-state index is 0.0376. The van der Waals surface area contributed by atoms with E-state index in [0.717, 1.165) is 6.42 Å². The maximum atomic E-state index is 12.5. The van der Waals surface area contributed by atoms with E-state index in [1.54, 1.807) is 10.6 Å². The van der Waals surface area contributed by atoms with Gasteiger partial charge < -0.3 is 5.32 Å². The molecule has 1 heterocycles. The average Bonchev–Trinajstić information content (AvgIpc) is 2.53. The van der Waals surface area contributed by atoms with Gasteiger partial charge >= 0.3 is 0 Å². The largest absolute Gasteiger partial charge is 0.353 e. The molecule has 0 aliphatic heterocycles. The molecule has 0 bridgehead atoms. The molecule has 1 N–H and O–H groups in total. The zero-order valence-electron chi connectivity index (χ0n) is 13.1. The van der Waals surface area contributed by atoms with Crippen LogP contribution in [0.5, 0.6) is 0 Å². The normalized spacial score (nSPS) is 12.3. The third kappa shape index (κ3) is 3.68. The zero-order valence-corrected chi connectivity index (χ0v) is 13.9. The SMILES string of the molecule is CC[C@H](C)NC(=O)CSc1nc2ccccc2c(=O)n1CC. The minimum atomic E-state index is -0.0575. The summed E-state index contributed by atoms with van der Waals surface area (Å²) >= 11 is 1.30. The average molecular weight is 319 g/mol. The van der Waals surface area contributed by atoms with Gasteiger partial charge in [0.2, 0.25) is 5.91 Å². The first-order valence-electron chi connectivity index (χ1n) is 7.48. The highest BCUT2D eigenvalue weighted by atomic mass is 32.2. The van der Waals surface area contributed by atoms with E-state index in [1.165, 1.54) is 11.8 Å². The number of rotatable bonds is 6. The number of hydrogen-bond donors (Lipinski definition) is 1. The van der Waals surface area contributed by atoms with Crippen molar-refractivity contribution in [3.05, 3.63) is 34.6 Å². The van der Waals surface area contributed by atoms with Gasteiger partial charge in [0.1, 0.15) is 0 Å². The van der Waals surface area contributed by atoms with Gasteiger partial charge in [-0.15, -0.1) is 0 Å². The zero-order chi connectivity index (χ0) is 16.1. The van der Waals surface area contributed by atoms with Crippen molar-refractivity contribution < 1.29 is 4.79 Å². The Labute approximate surface area is 134 Å². The van der Waals surface area contributed by atoms with Crippen LogP contribution >= 0.6 is 11.8 Å². The maximum absolute atomic E-state index is 12.5. The molecular weight excluding hydrogens is 298 g/mol. The number of nitrogens with zero attached hydrogens (tertiary/aromatic N) is 2. The van der Waals surface area contributed by atoms with Gasteiger partial charge in [0.15, 0.2) is 5.16 Å². The molecule has 1 amide bonds. The molecule has 1 aromatic heterocycles. The fraction of sp³-hybridized carbons (Fsp3) is 0.438. The molecule has 1 aromatic carbocycles. The Kier molecular flexibility index (Phi) is 5.60. The van der Waals surface area contributed by atoms with Crippen LogP contribution in [0.4, 0.5) is 0 Å². The van der Waals surface area contributed by atoms with Crippen LogP contribution in [-0.4, -0.2) is 27.3 Å². The minimum Gasteiger partial charge on any atom is -0.353 e. The molecule has 0 spiro atoms. The first-order chi connectivity index (χ1) is 10.6. The molecule has 0 unspecified atom stereocenters. The van der Waals surface area contributed by atoms with Gasteiger partial charge in [-0.25, -0.2) is 4.98 Å². The van der Waals surface area contributed by atoms with Crippen molar-refractivity contribution in [3.63, 3.8) is 0 Å². The first-order valence-corrected chi connectivity index (χ1v) is 8.47. The van der Waals surface area contributed by atoms with Crippen molar-refractivity contribution in [2.75, 3.05) is 5.75 Å². The topological polar surface area (TPSA) is 64.0 Å². The molecule has 0 saturated heterocycles. The Morgan fingerprint density at radius 1 is 1.36 bits per heavy atom. The summed E-state index contributed by atoms with van der Waals surface area (Å²) in [6.45, 7) is 6.43. The van der Waals surface area contributed by atoms with Crippen molar-refractivity contribution in [1.82, 2.24) is 14.9 Å². The number of nitrogens with one attached hydrogen (secondary N) is 1. The predicted octanol–water partition coefficient (Wildman–Crippen LogP) is 2.42. The summed E-state index contributed by atoms with van der Waals surface area (Å²) in [4.78, 5) is 28.9. The Bertz CT molecular complexity index is 727. The summed E-state index contributed by atoms with van der Waals surface area (Å²) in [5, 5.41) is 4.11. The number of benzene rings is 1. The number of amides is 1. The Balaban J connectivity index is 2.24. The molecule has 1 atom stereocenters. The lowest BCUT2D eigenvalue weighted by atomic mass is 10.2. The van der Waals surface area contributed by atoms with Gasteiger partial charge in [-0.3, -0.25) is 14.2 Å². The van der Waals surface area contributed by atoms with Crippen LogP contribution in [0.15, 0.2) is 34.2 Å². The van der Waals surface area contributed by atoms with Crippen LogP contribution in [0.25, 0.3) is 10.9 Å². The standard InChI is InChI=1S/C16H21N3O2S/c1-4-11(3)17-14(20)10-22-16-18-13-9-7-6-8-12(13)15(21)19(16)5-2/h6-9,11H,4-5,10H2,1-3H3,(H,17,20)/t11-/m0/s1. The molecule has 118 valence electrons. The monoisotopic (exact) mass is 319 g/mol. The fourth-order valence-electron chi connectivity index (χ4n) is 2.09. The van der Waals surface area contributed by atoms with Gasteiger partial charge in [-0.05, 0) is 32.4 Å². The molecule has 2 aromatic rings. The second-order valence-corrected chi connectivity index (χ2v) is 6.07. The lowest BCUT2D eigenvalue weighted by Gasteiger charge is -2.13. The van der Waals surface area contributed by atoms with E-state index in [-0.39, 0.29) is 23.3 Å². The van der Waals surface area contributed by atoms with Gasteiger partial charge in [-0.1, -0.05) is 30.8 Å². The predicted molar refractivity (Wildman–Crippen MR) is 90.3 cm³/mol. The van der Waals surface area contributed by atoms with Gasteiger partial charge in [-0.2, -0.15) is 0 Å². The van der Waals surface area contributed by atoms with Crippen LogP contribution in [0, 0.1) is 0 Å². The molecule has 2 rings (SSSR count). The number of fused-ring (bicyclic) bond motifs is 1. The molecule has 0 aliphatic carbocycles. The lowest BCUT2D eigenvalue weighted by molar-refractivity contribution is -0.119. The molecule has 0 saturated carbocycles. The highest BCUT2D eigenvalue weighted by Gasteiger charge is 2.12. The van der Waals surface area contributed by atoms with Crippen molar-refractivity contribution in [1.29, 1.82) is 0 Å². The first kappa shape index (κ1) is 16.5. The second-order valence-electron chi connectivity index (χ2n) is 5.13. The summed E-state index contributed by atoms with van der Waals surface area (Å²) in [6.07, 6.45) is 0.893. The van der Waals surface area contributed by atoms with E-state index in [9.17, 15) is 9.59 Å². The van der Waals surface area contributed by atoms with Crippen LogP contribution in [0.1, 0.15) is 27.2 Å². The van der Waals surface area contributed by atoms with E-state index < -0.39 is 0 Å². The Morgan fingerprint density at radius 2 is 2.09 bits per heavy atom. The molecule has 22 heavy (non-hydrogen) atoms. The van der Waals surface area contributed by atoms with Crippen LogP contribution in [0.2, 0.25) is 0 Å². The lowest BCUT2D eigenvalue weighted by Crippen LogP contribution is -2.33. The highest BCUT2D eigenvalue weighted by molar-refractivity contribution is 7.99. The molecule has 0 fully saturated rings. The van der Waals surface area contributed by atoms with Crippen LogP contribution in [0.3, 0.4) is 0 Å². The highest BCUT2D eigenvalue weighted by Crippen LogP contribution is 2.17. The molecule has 6 heteroatoms. The van der Waals surface area contributed by atoms with Gasteiger partial charge in [0.25, 0.3) is 5.56 Å². The Morgan fingerprint density at radius 3 is 2.77 bits per heavy atom. The van der Waals surface area contributed by atoms with E-state index in [2.05, 4.69) is 10.3 Å². The van der Waals surface area contributed by atoms with Gasteiger partial charge in [0.05, 0.1) is 16.7 Å². The van der Waals surface area contributed by atoms with Crippen molar-refractivity contribution in [2.45, 2.75) is 44.9 Å². The third-order valence-electron chi connectivity index (χ3n) is 3.49. The number of thioether (sulfide) groups is 1. The van der Waals surface area contributed by atoms with E-state index in [4.69, 9.17) is 0 Å². The maximum Gasteiger partial charge on any atom is 0.262 e. The number of carbonyl (C=O) groups is 1. The van der Waals surface area contributed by atoms with Gasteiger partial charge in [0, 0.05) is 12.6 Å².